The molecule has 130 valence electrons. The molecule has 0 bridgehead atoms. The Labute approximate surface area is 152 Å². The van der Waals surface area contributed by atoms with Crippen molar-refractivity contribution in [1.82, 2.24) is 5.32 Å². The lowest BCUT2D eigenvalue weighted by atomic mass is 10.1. The van der Waals surface area contributed by atoms with Crippen molar-refractivity contribution >= 4 is 17.5 Å². The molecule has 0 heterocycles. The average Bonchev–Trinajstić information content (AvgIpc) is 2.62. The Morgan fingerprint density at radius 3 is 2.60 bits per heavy atom. The molecule has 6 heteroatoms. The molecule has 0 saturated heterocycles. The summed E-state index contributed by atoms with van der Waals surface area (Å²) in [6, 6.07) is 14.4. The van der Waals surface area contributed by atoms with E-state index in [1.165, 1.54) is 0 Å². The second-order valence-corrected chi connectivity index (χ2v) is 5.66. The number of rotatable bonds is 8. The van der Waals surface area contributed by atoms with Crippen LogP contribution in [0.1, 0.15) is 18.1 Å². The maximum Gasteiger partial charge on any atom is 0.257 e. The summed E-state index contributed by atoms with van der Waals surface area (Å²) >= 11 is 5.84. The van der Waals surface area contributed by atoms with Gasteiger partial charge in [-0.15, -0.1) is 0 Å². The monoisotopic (exact) mass is 358 g/mol. The number of hydrogen-bond acceptors (Lipinski definition) is 4. The van der Waals surface area contributed by atoms with Crippen LogP contribution < -0.4 is 14.8 Å². The number of carbonyl (C=O) groups is 1. The van der Waals surface area contributed by atoms with Gasteiger partial charge in [-0.25, -0.2) is 0 Å². The van der Waals surface area contributed by atoms with Crippen molar-refractivity contribution < 1.29 is 14.3 Å². The largest absolute Gasteiger partial charge is 0.490 e. The first-order valence-corrected chi connectivity index (χ1v) is 8.31. The van der Waals surface area contributed by atoms with Crippen molar-refractivity contribution in [3.05, 3.63) is 58.6 Å². The van der Waals surface area contributed by atoms with Gasteiger partial charge in [0.05, 0.1) is 18.2 Å². The molecular weight excluding hydrogens is 340 g/mol. The topological polar surface area (TPSA) is 71.3 Å². The van der Waals surface area contributed by atoms with E-state index in [4.69, 9.17) is 26.3 Å². The number of amides is 1. The predicted octanol–water partition coefficient (Wildman–Crippen LogP) is 3.35. The van der Waals surface area contributed by atoms with Crippen LogP contribution >= 0.6 is 11.6 Å². The third-order valence-electron chi connectivity index (χ3n) is 3.38. The molecule has 1 amide bonds. The van der Waals surface area contributed by atoms with E-state index < -0.39 is 0 Å². The van der Waals surface area contributed by atoms with Gasteiger partial charge in [0.25, 0.3) is 5.91 Å². The zero-order valence-electron chi connectivity index (χ0n) is 13.9. The minimum atomic E-state index is -0.222. The highest BCUT2D eigenvalue weighted by atomic mass is 35.5. The molecule has 0 radical (unpaired) electrons. The molecule has 0 atom stereocenters. The summed E-state index contributed by atoms with van der Waals surface area (Å²) in [5.41, 5.74) is 1.57. The molecule has 0 unspecified atom stereocenters. The van der Waals surface area contributed by atoms with Crippen molar-refractivity contribution in [3.8, 4) is 17.6 Å². The number of benzene rings is 2. The highest BCUT2D eigenvalue weighted by molar-refractivity contribution is 6.30. The number of halogens is 1. The van der Waals surface area contributed by atoms with Gasteiger partial charge in [-0.2, -0.15) is 5.26 Å². The summed E-state index contributed by atoms with van der Waals surface area (Å²) < 4.78 is 10.9. The van der Waals surface area contributed by atoms with Crippen LogP contribution in [0, 0.1) is 11.3 Å². The third-order valence-corrected chi connectivity index (χ3v) is 3.63. The Hall–Kier alpha value is -2.71. The van der Waals surface area contributed by atoms with Crippen molar-refractivity contribution in [1.29, 1.82) is 5.26 Å². The van der Waals surface area contributed by atoms with Crippen LogP contribution in [-0.2, 0) is 11.2 Å². The normalized spacial score (nSPS) is 9.96. The average molecular weight is 359 g/mol. The van der Waals surface area contributed by atoms with E-state index in [0.717, 1.165) is 5.56 Å². The lowest BCUT2D eigenvalue weighted by molar-refractivity contribution is -0.123. The van der Waals surface area contributed by atoms with Gasteiger partial charge >= 0.3 is 0 Å². The molecule has 2 aromatic carbocycles. The van der Waals surface area contributed by atoms with Crippen LogP contribution in [0.15, 0.2) is 42.5 Å². The Morgan fingerprint density at radius 1 is 1.16 bits per heavy atom. The summed E-state index contributed by atoms with van der Waals surface area (Å²) in [7, 11) is 0. The molecule has 0 aliphatic heterocycles. The smallest absolute Gasteiger partial charge is 0.257 e. The van der Waals surface area contributed by atoms with E-state index in [-0.39, 0.29) is 12.5 Å². The van der Waals surface area contributed by atoms with Crippen molar-refractivity contribution in [2.75, 3.05) is 19.8 Å². The minimum absolute atomic E-state index is 0.118. The highest BCUT2D eigenvalue weighted by Crippen LogP contribution is 2.28. The summed E-state index contributed by atoms with van der Waals surface area (Å²) in [5, 5.41) is 12.4. The Kier molecular flexibility index (Phi) is 7.12. The van der Waals surface area contributed by atoms with Crippen LogP contribution in [-0.4, -0.2) is 25.7 Å². The molecule has 2 aromatic rings. The highest BCUT2D eigenvalue weighted by Gasteiger charge is 2.09. The summed E-state index contributed by atoms with van der Waals surface area (Å²) in [6.07, 6.45) is 0.712. The fourth-order valence-corrected chi connectivity index (χ4v) is 2.28. The molecular formula is C19H19ClN2O3. The molecule has 5 nitrogen and oxygen atoms in total. The molecule has 0 saturated carbocycles. The predicted molar refractivity (Wildman–Crippen MR) is 96.0 cm³/mol. The van der Waals surface area contributed by atoms with E-state index in [1.807, 2.05) is 37.3 Å². The van der Waals surface area contributed by atoms with Gasteiger partial charge in [-0.3, -0.25) is 4.79 Å². The summed E-state index contributed by atoms with van der Waals surface area (Å²) in [4.78, 5) is 11.9. The van der Waals surface area contributed by atoms with Gasteiger partial charge < -0.3 is 14.8 Å². The first-order chi connectivity index (χ1) is 12.1. The molecule has 0 aliphatic carbocycles. The van der Waals surface area contributed by atoms with Crippen molar-refractivity contribution in [3.63, 3.8) is 0 Å². The molecule has 2 rings (SSSR count). The number of ether oxygens (including phenoxy) is 2. The van der Waals surface area contributed by atoms with E-state index >= 15 is 0 Å². The summed E-state index contributed by atoms with van der Waals surface area (Å²) in [6.45, 7) is 2.67. The fourth-order valence-electron chi connectivity index (χ4n) is 2.16. The van der Waals surface area contributed by atoms with Crippen LogP contribution in [0.4, 0.5) is 0 Å². The number of carbonyl (C=O) groups excluding carboxylic acids is 1. The van der Waals surface area contributed by atoms with E-state index in [9.17, 15) is 4.79 Å². The molecule has 25 heavy (non-hydrogen) atoms. The van der Waals surface area contributed by atoms with Gasteiger partial charge in [-0.05, 0) is 43.2 Å². The SMILES string of the molecule is CCOc1cc(C#N)ccc1OCC(=O)NCCc1ccc(Cl)cc1. The van der Waals surface area contributed by atoms with E-state index in [0.29, 0.717) is 41.7 Å². The zero-order chi connectivity index (χ0) is 18.1. The summed E-state index contributed by atoms with van der Waals surface area (Å²) in [5.74, 6) is 0.671. The van der Waals surface area contributed by atoms with Crippen LogP contribution in [0.25, 0.3) is 0 Å². The van der Waals surface area contributed by atoms with Crippen molar-refractivity contribution in [2.45, 2.75) is 13.3 Å². The fraction of sp³-hybridized carbons (Fsp3) is 0.263. The third kappa shape index (κ3) is 6.02. The maximum absolute atomic E-state index is 11.9. The van der Waals surface area contributed by atoms with E-state index in [1.54, 1.807) is 18.2 Å². The van der Waals surface area contributed by atoms with Gasteiger partial charge in [0, 0.05) is 17.6 Å². The Morgan fingerprint density at radius 2 is 1.92 bits per heavy atom. The molecule has 1 N–H and O–H groups in total. The molecule has 0 aliphatic rings. The van der Waals surface area contributed by atoms with Gasteiger partial charge in [0.15, 0.2) is 18.1 Å². The molecule has 0 spiro atoms. The Bertz CT molecular complexity index is 754. The first kappa shape index (κ1) is 18.6. The van der Waals surface area contributed by atoms with Crippen LogP contribution in [0.5, 0.6) is 11.5 Å². The second-order valence-electron chi connectivity index (χ2n) is 5.22. The quantitative estimate of drug-likeness (QED) is 0.785. The van der Waals surface area contributed by atoms with Crippen LogP contribution in [0.2, 0.25) is 5.02 Å². The number of hydrogen-bond donors (Lipinski definition) is 1. The number of nitrogens with zero attached hydrogens (tertiary/aromatic N) is 1. The van der Waals surface area contributed by atoms with E-state index in [2.05, 4.69) is 5.32 Å². The second kappa shape index (κ2) is 9.55. The minimum Gasteiger partial charge on any atom is -0.490 e. The van der Waals surface area contributed by atoms with Crippen molar-refractivity contribution in [2.24, 2.45) is 0 Å². The standard InChI is InChI=1S/C19H19ClN2O3/c1-2-24-18-11-15(12-21)5-8-17(18)25-13-19(23)22-10-9-14-3-6-16(20)7-4-14/h3-8,11H,2,9-10,13H2,1H3,(H,22,23). The molecule has 0 aromatic heterocycles. The maximum atomic E-state index is 11.9. The van der Waals surface area contributed by atoms with Crippen LogP contribution in [0.3, 0.4) is 0 Å². The zero-order valence-corrected chi connectivity index (χ0v) is 14.7. The number of nitriles is 1. The lowest BCUT2D eigenvalue weighted by Crippen LogP contribution is -2.30. The van der Waals surface area contributed by atoms with Gasteiger partial charge in [0.2, 0.25) is 0 Å². The van der Waals surface area contributed by atoms with Gasteiger partial charge in [-0.1, -0.05) is 23.7 Å². The lowest BCUT2D eigenvalue weighted by Gasteiger charge is -2.12. The Balaban J connectivity index is 1.81. The van der Waals surface area contributed by atoms with Gasteiger partial charge in [0.1, 0.15) is 0 Å². The number of nitrogens with one attached hydrogen (secondary N) is 1. The molecule has 0 fully saturated rings. The first-order valence-electron chi connectivity index (χ1n) is 7.93.